The van der Waals surface area contributed by atoms with E-state index in [1.54, 1.807) is 7.11 Å². The molecule has 0 heterocycles. The summed E-state index contributed by atoms with van der Waals surface area (Å²) in [5, 5.41) is 9.27. The molecule has 4 atom stereocenters. The van der Waals surface area contributed by atoms with Crippen LogP contribution < -0.4 is 0 Å². The summed E-state index contributed by atoms with van der Waals surface area (Å²) in [6, 6.07) is 0. The number of aliphatic carboxylic acids is 1. The van der Waals surface area contributed by atoms with Gasteiger partial charge in [-0.1, -0.05) is 0 Å². The third kappa shape index (κ3) is 0.446. The first-order chi connectivity index (χ1) is 7.24. The number of carboxylic acid groups (broad SMARTS) is 1. The van der Waals surface area contributed by atoms with Crippen LogP contribution in [0.25, 0.3) is 0 Å². The van der Waals surface area contributed by atoms with Crippen molar-refractivity contribution in [2.75, 3.05) is 13.7 Å². The molecule has 15 heavy (non-hydrogen) atoms. The Hall–Kier alpha value is -0.610. The fourth-order valence-electron chi connectivity index (χ4n) is 5.66. The highest BCUT2D eigenvalue weighted by molar-refractivity contribution is 5.87. The Morgan fingerprint density at radius 1 is 1.20 bits per heavy atom. The van der Waals surface area contributed by atoms with Gasteiger partial charge in [0, 0.05) is 5.41 Å². The molecule has 0 aromatic rings. The lowest BCUT2D eigenvalue weighted by Gasteiger charge is -2.43. The lowest BCUT2D eigenvalue weighted by atomic mass is 9.60. The zero-order chi connectivity index (χ0) is 10.2. The van der Waals surface area contributed by atoms with Gasteiger partial charge in [0.1, 0.15) is 0 Å². The van der Waals surface area contributed by atoms with Crippen molar-refractivity contribution in [3.05, 3.63) is 0 Å². The summed E-state index contributed by atoms with van der Waals surface area (Å²) >= 11 is 0. The zero-order valence-corrected chi connectivity index (χ0v) is 8.34. The van der Waals surface area contributed by atoms with E-state index in [-0.39, 0.29) is 5.41 Å². The minimum Gasteiger partial charge on any atom is -0.481 e. The molecular formula is C11H12O4. The maximum atomic E-state index is 11.2. The van der Waals surface area contributed by atoms with E-state index in [2.05, 4.69) is 4.89 Å². The monoisotopic (exact) mass is 208 g/mol. The molecule has 80 valence electrons. The van der Waals surface area contributed by atoms with Crippen LogP contribution in [0.3, 0.4) is 0 Å². The highest BCUT2D eigenvalue weighted by Gasteiger charge is 3.11. The third-order valence-electron chi connectivity index (χ3n) is 6.14. The first kappa shape index (κ1) is 7.63. The minimum absolute atomic E-state index is 0.241. The van der Waals surface area contributed by atoms with Crippen LogP contribution in [-0.4, -0.2) is 24.8 Å². The van der Waals surface area contributed by atoms with Gasteiger partial charge in [0.15, 0.2) is 0 Å². The highest BCUT2D eigenvalue weighted by atomic mass is 17.2. The number of hydrogen-bond acceptors (Lipinski definition) is 3. The zero-order valence-electron chi connectivity index (χ0n) is 8.34. The van der Waals surface area contributed by atoms with Gasteiger partial charge in [0.2, 0.25) is 0 Å². The molecule has 4 bridgehead atoms. The summed E-state index contributed by atoms with van der Waals surface area (Å²) in [7, 11) is 1.54. The molecule has 0 aromatic carbocycles. The van der Waals surface area contributed by atoms with E-state index in [0.29, 0.717) is 47.5 Å². The smallest absolute Gasteiger partial charge is 0.310 e. The van der Waals surface area contributed by atoms with Crippen molar-refractivity contribution >= 4 is 5.97 Å². The Labute approximate surface area is 86.5 Å². The van der Waals surface area contributed by atoms with Crippen molar-refractivity contribution in [2.45, 2.75) is 0 Å². The molecule has 8 aliphatic carbocycles. The summed E-state index contributed by atoms with van der Waals surface area (Å²) in [5.41, 5.74) is 0.127. The molecule has 4 unspecified atom stereocenters. The highest BCUT2D eigenvalue weighted by Crippen LogP contribution is 3.10. The van der Waals surface area contributed by atoms with Gasteiger partial charge in [-0.15, -0.1) is 0 Å². The van der Waals surface area contributed by atoms with Crippen LogP contribution in [0.1, 0.15) is 0 Å². The van der Waals surface area contributed by atoms with Gasteiger partial charge >= 0.3 is 5.97 Å². The maximum Gasteiger partial charge on any atom is 0.310 e. The Bertz CT molecular complexity index is 397. The molecule has 0 spiro atoms. The molecule has 4 heteroatoms. The fourth-order valence-corrected chi connectivity index (χ4v) is 5.66. The molecular weight excluding hydrogens is 196 g/mol. The first-order valence-corrected chi connectivity index (χ1v) is 5.63. The summed E-state index contributed by atoms with van der Waals surface area (Å²) in [6.45, 7) is 0.697. The van der Waals surface area contributed by atoms with Gasteiger partial charge in [0.05, 0.1) is 19.1 Å². The van der Waals surface area contributed by atoms with E-state index in [1.165, 1.54) is 0 Å². The van der Waals surface area contributed by atoms with Crippen molar-refractivity contribution < 1.29 is 19.7 Å². The largest absolute Gasteiger partial charge is 0.481 e. The van der Waals surface area contributed by atoms with E-state index in [1.807, 2.05) is 0 Å². The van der Waals surface area contributed by atoms with Crippen molar-refractivity contribution in [1.82, 2.24) is 0 Å². The van der Waals surface area contributed by atoms with Gasteiger partial charge < -0.3 is 5.11 Å². The Balaban J connectivity index is 1.46. The van der Waals surface area contributed by atoms with Crippen molar-refractivity contribution in [2.24, 2.45) is 46.3 Å². The molecule has 8 rings (SSSR count). The summed E-state index contributed by atoms with van der Waals surface area (Å²) < 4.78 is 0. The number of carbonyl (C=O) groups is 1. The van der Waals surface area contributed by atoms with E-state index >= 15 is 0 Å². The normalized spacial score (nSPS) is 72.9. The molecule has 0 aliphatic heterocycles. The Morgan fingerprint density at radius 2 is 1.73 bits per heavy atom. The predicted octanol–water partition coefficient (Wildman–Crippen LogP) is 0.387. The van der Waals surface area contributed by atoms with Crippen LogP contribution in [0.2, 0.25) is 0 Å². The van der Waals surface area contributed by atoms with E-state index in [0.717, 1.165) is 0 Å². The van der Waals surface area contributed by atoms with Crippen molar-refractivity contribution in [3.8, 4) is 0 Å². The summed E-state index contributed by atoms with van der Waals surface area (Å²) in [5.74, 6) is 3.02. The van der Waals surface area contributed by atoms with Crippen LogP contribution in [0, 0.1) is 46.3 Å². The third-order valence-corrected chi connectivity index (χ3v) is 6.14. The number of rotatable bonds is 4. The molecule has 0 radical (unpaired) electrons. The Kier molecular flexibility index (Phi) is 0.835. The van der Waals surface area contributed by atoms with E-state index < -0.39 is 5.97 Å². The van der Waals surface area contributed by atoms with E-state index in [9.17, 15) is 9.90 Å². The second-order valence-corrected chi connectivity index (χ2v) is 5.93. The van der Waals surface area contributed by atoms with Gasteiger partial charge in [0.25, 0.3) is 0 Å². The lowest BCUT2D eigenvalue weighted by Crippen LogP contribution is -2.48. The maximum absolute atomic E-state index is 11.2. The molecule has 0 amide bonds. The average molecular weight is 208 g/mol. The first-order valence-electron chi connectivity index (χ1n) is 5.63. The van der Waals surface area contributed by atoms with Crippen LogP contribution in [0.15, 0.2) is 0 Å². The van der Waals surface area contributed by atoms with Gasteiger partial charge in [-0.3, -0.25) is 4.79 Å². The van der Waals surface area contributed by atoms with Crippen molar-refractivity contribution in [1.29, 1.82) is 0 Å². The summed E-state index contributed by atoms with van der Waals surface area (Å²) in [4.78, 5) is 21.0. The second-order valence-electron chi connectivity index (χ2n) is 5.93. The van der Waals surface area contributed by atoms with Crippen molar-refractivity contribution in [3.63, 3.8) is 0 Å². The standard InChI is InChI=1S/C11H12O4/c1-14-15-2-10-3-4(10)6(3)11(9(12)13)7-5(10)8(7)11/h3-8H,2H2,1H3,(H,12,13). The lowest BCUT2D eigenvalue weighted by molar-refractivity contribution is -0.294. The average Bonchev–Trinajstić information content (AvgIpc) is 3.07. The number of carboxylic acids is 1. The molecule has 8 saturated carbocycles. The SMILES string of the molecule is COOCC12C3C1C3C1(C(=O)O)C3C2C31. The van der Waals surface area contributed by atoms with Gasteiger partial charge in [-0.05, 0) is 35.5 Å². The fraction of sp³-hybridized carbons (Fsp3) is 0.909. The second kappa shape index (κ2) is 1.64. The predicted molar refractivity (Wildman–Crippen MR) is 46.4 cm³/mol. The topological polar surface area (TPSA) is 55.8 Å². The molecule has 8 aliphatic rings. The molecule has 1 N–H and O–H groups in total. The Morgan fingerprint density at radius 3 is 2.27 bits per heavy atom. The summed E-state index contributed by atoms with van der Waals surface area (Å²) in [6.07, 6.45) is 0. The van der Waals surface area contributed by atoms with Crippen LogP contribution in [0.5, 0.6) is 0 Å². The van der Waals surface area contributed by atoms with E-state index in [4.69, 9.17) is 4.89 Å². The molecule has 0 saturated heterocycles. The van der Waals surface area contributed by atoms with Gasteiger partial charge in [-0.25, -0.2) is 9.78 Å². The van der Waals surface area contributed by atoms with Crippen LogP contribution in [-0.2, 0) is 14.6 Å². The quantitative estimate of drug-likeness (QED) is 0.536. The molecule has 0 aromatic heterocycles. The number of hydrogen-bond donors (Lipinski definition) is 1. The minimum atomic E-state index is -0.521. The van der Waals surface area contributed by atoms with Crippen LogP contribution >= 0.6 is 0 Å². The van der Waals surface area contributed by atoms with Crippen LogP contribution in [0.4, 0.5) is 0 Å². The molecule has 8 fully saturated rings. The molecule has 4 nitrogen and oxygen atoms in total. The van der Waals surface area contributed by atoms with Gasteiger partial charge in [-0.2, -0.15) is 0 Å².